The molecule has 0 saturated heterocycles. The van der Waals surface area contributed by atoms with Gasteiger partial charge in [-0.05, 0) is 38.7 Å². The van der Waals surface area contributed by atoms with E-state index >= 15 is 0 Å². The van der Waals surface area contributed by atoms with Crippen LogP contribution in [-0.4, -0.2) is 44.7 Å². The molecule has 0 heterocycles. The van der Waals surface area contributed by atoms with Crippen LogP contribution < -0.4 is 14.8 Å². The molecule has 0 aromatic heterocycles. The van der Waals surface area contributed by atoms with Crippen LogP contribution >= 0.6 is 11.6 Å². The van der Waals surface area contributed by atoms with Gasteiger partial charge in [0.25, 0.3) is 0 Å². The normalized spacial score (nSPS) is 10.3. The molecule has 6 nitrogen and oxygen atoms in total. The van der Waals surface area contributed by atoms with E-state index in [1.54, 1.807) is 18.2 Å². The highest BCUT2D eigenvalue weighted by Crippen LogP contribution is 2.36. The van der Waals surface area contributed by atoms with Crippen LogP contribution in [0.5, 0.6) is 11.5 Å². The molecule has 0 unspecified atom stereocenters. The zero-order chi connectivity index (χ0) is 17.2. The number of nitrogens with zero attached hydrogens (tertiary/aromatic N) is 2. The van der Waals surface area contributed by atoms with Gasteiger partial charge in [-0.25, -0.2) is 0 Å². The molecule has 0 fully saturated rings. The molecular weight excluding hydrogens is 318 g/mol. The lowest BCUT2D eigenvalue weighted by Crippen LogP contribution is -2.22. The van der Waals surface area contributed by atoms with Crippen molar-refractivity contribution in [2.24, 2.45) is 0 Å². The molecule has 0 aliphatic carbocycles. The van der Waals surface area contributed by atoms with Crippen molar-refractivity contribution in [2.75, 3.05) is 33.9 Å². The largest absolute Gasteiger partial charge is 0.490 e. The van der Waals surface area contributed by atoms with Crippen LogP contribution in [0.25, 0.3) is 0 Å². The van der Waals surface area contributed by atoms with E-state index in [0.717, 1.165) is 12.1 Å². The minimum absolute atomic E-state index is 0.169. The first-order valence-electron chi connectivity index (χ1n) is 7.34. The SMILES string of the molecule is CCOc1cc(CNC(=O)CC#N)cc(Cl)c1OCCN(C)C. The molecule has 1 amide bonds. The lowest BCUT2D eigenvalue weighted by Gasteiger charge is -2.17. The Balaban J connectivity index is 2.83. The van der Waals surface area contributed by atoms with Crippen LogP contribution in [0, 0.1) is 11.3 Å². The number of nitrogens with one attached hydrogen (secondary N) is 1. The molecule has 7 heteroatoms. The number of hydrogen-bond donors (Lipinski definition) is 1. The van der Waals surface area contributed by atoms with E-state index < -0.39 is 0 Å². The van der Waals surface area contributed by atoms with E-state index in [2.05, 4.69) is 5.32 Å². The van der Waals surface area contributed by atoms with Crippen LogP contribution in [0.3, 0.4) is 0 Å². The van der Waals surface area contributed by atoms with Crippen molar-refractivity contribution < 1.29 is 14.3 Å². The summed E-state index contributed by atoms with van der Waals surface area (Å²) in [5, 5.41) is 11.6. The van der Waals surface area contributed by atoms with Gasteiger partial charge in [0.2, 0.25) is 5.91 Å². The average molecular weight is 340 g/mol. The molecule has 0 spiro atoms. The standard InChI is InChI=1S/C16H22ClN3O3/c1-4-22-14-10-12(11-19-15(21)5-6-18)9-13(17)16(14)23-8-7-20(2)3/h9-10H,4-5,7-8,11H2,1-3H3,(H,19,21). The smallest absolute Gasteiger partial charge is 0.234 e. The number of benzene rings is 1. The van der Waals surface area contributed by atoms with Crippen molar-refractivity contribution in [3.63, 3.8) is 0 Å². The number of rotatable bonds is 9. The first-order chi connectivity index (χ1) is 11.0. The van der Waals surface area contributed by atoms with Crippen LogP contribution in [-0.2, 0) is 11.3 Å². The summed E-state index contributed by atoms with van der Waals surface area (Å²) in [6, 6.07) is 5.31. The Kier molecular flexibility index (Phi) is 8.23. The minimum Gasteiger partial charge on any atom is -0.490 e. The van der Waals surface area contributed by atoms with Gasteiger partial charge < -0.3 is 19.7 Å². The van der Waals surface area contributed by atoms with Gasteiger partial charge >= 0.3 is 0 Å². The van der Waals surface area contributed by atoms with Gasteiger partial charge in [-0.3, -0.25) is 4.79 Å². The molecule has 0 bridgehead atoms. The van der Waals surface area contributed by atoms with Crippen molar-refractivity contribution in [1.82, 2.24) is 10.2 Å². The highest BCUT2D eigenvalue weighted by molar-refractivity contribution is 6.32. The third-order valence-corrected chi connectivity index (χ3v) is 3.16. The maximum absolute atomic E-state index is 11.4. The Hall–Kier alpha value is -1.97. The average Bonchev–Trinajstić information content (AvgIpc) is 2.48. The summed E-state index contributed by atoms with van der Waals surface area (Å²) < 4.78 is 11.3. The number of hydrogen-bond acceptors (Lipinski definition) is 5. The second kappa shape index (κ2) is 9.93. The van der Waals surface area contributed by atoms with Crippen LogP contribution in [0.2, 0.25) is 5.02 Å². The summed E-state index contributed by atoms with van der Waals surface area (Å²) in [5.41, 5.74) is 0.782. The predicted molar refractivity (Wildman–Crippen MR) is 88.7 cm³/mol. The zero-order valence-electron chi connectivity index (χ0n) is 13.7. The molecule has 1 aromatic carbocycles. The van der Waals surface area contributed by atoms with Gasteiger partial charge in [0.05, 0.1) is 17.7 Å². The lowest BCUT2D eigenvalue weighted by atomic mass is 10.2. The van der Waals surface area contributed by atoms with Crippen molar-refractivity contribution in [1.29, 1.82) is 5.26 Å². The van der Waals surface area contributed by atoms with Gasteiger partial charge in [0.1, 0.15) is 13.0 Å². The highest BCUT2D eigenvalue weighted by Gasteiger charge is 2.13. The fraction of sp³-hybridized carbons (Fsp3) is 0.500. The highest BCUT2D eigenvalue weighted by atomic mass is 35.5. The predicted octanol–water partition coefficient (Wildman–Crippen LogP) is 2.21. The van der Waals surface area contributed by atoms with Crippen molar-refractivity contribution in [3.05, 3.63) is 22.7 Å². The number of carbonyl (C=O) groups is 1. The molecule has 0 atom stereocenters. The van der Waals surface area contributed by atoms with Gasteiger partial charge in [0.15, 0.2) is 11.5 Å². The van der Waals surface area contributed by atoms with E-state index in [-0.39, 0.29) is 18.9 Å². The van der Waals surface area contributed by atoms with E-state index in [4.69, 9.17) is 26.3 Å². The Bertz CT molecular complexity index is 570. The molecule has 1 aromatic rings. The molecule has 126 valence electrons. The monoisotopic (exact) mass is 339 g/mol. The molecule has 1 rings (SSSR count). The summed E-state index contributed by atoms with van der Waals surface area (Å²) in [6.07, 6.45) is -0.169. The third-order valence-electron chi connectivity index (χ3n) is 2.88. The van der Waals surface area contributed by atoms with Gasteiger partial charge in [0, 0.05) is 13.1 Å². The summed E-state index contributed by atoms with van der Waals surface area (Å²) in [4.78, 5) is 13.4. The molecule has 1 N–H and O–H groups in total. The Morgan fingerprint density at radius 1 is 1.39 bits per heavy atom. The zero-order valence-corrected chi connectivity index (χ0v) is 14.4. The molecular formula is C16H22ClN3O3. The van der Waals surface area contributed by atoms with Gasteiger partial charge in [-0.1, -0.05) is 11.6 Å². The number of ether oxygens (including phenoxy) is 2. The summed E-state index contributed by atoms with van der Waals surface area (Å²) in [5.74, 6) is 0.721. The lowest BCUT2D eigenvalue weighted by molar-refractivity contribution is -0.120. The van der Waals surface area contributed by atoms with E-state index in [0.29, 0.717) is 29.7 Å². The molecule has 23 heavy (non-hydrogen) atoms. The van der Waals surface area contributed by atoms with Crippen molar-refractivity contribution in [2.45, 2.75) is 19.9 Å². The van der Waals surface area contributed by atoms with Crippen LogP contribution in [0.4, 0.5) is 0 Å². The Labute approximate surface area is 141 Å². The summed E-state index contributed by atoms with van der Waals surface area (Å²) in [6.45, 7) is 3.88. The van der Waals surface area contributed by atoms with E-state index in [1.807, 2.05) is 25.9 Å². The van der Waals surface area contributed by atoms with Gasteiger partial charge in [-0.2, -0.15) is 5.26 Å². The first kappa shape index (κ1) is 19.1. The third kappa shape index (κ3) is 6.76. The van der Waals surface area contributed by atoms with Gasteiger partial charge in [-0.15, -0.1) is 0 Å². The van der Waals surface area contributed by atoms with Crippen LogP contribution in [0.15, 0.2) is 12.1 Å². The molecule has 0 saturated carbocycles. The second-order valence-electron chi connectivity index (χ2n) is 5.10. The number of carbonyl (C=O) groups excluding carboxylic acids is 1. The van der Waals surface area contributed by atoms with Crippen molar-refractivity contribution in [3.8, 4) is 17.6 Å². The Morgan fingerprint density at radius 3 is 2.74 bits per heavy atom. The number of nitriles is 1. The molecule has 0 radical (unpaired) electrons. The quantitative estimate of drug-likeness (QED) is 0.746. The van der Waals surface area contributed by atoms with E-state index in [1.165, 1.54) is 0 Å². The minimum atomic E-state index is -0.326. The maximum atomic E-state index is 11.4. The number of likely N-dealkylation sites (N-methyl/N-ethyl adjacent to an activating group) is 1. The first-order valence-corrected chi connectivity index (χ1v) is 7.72. The summed E-state index contributed by atoms with van der Waals surface area (Å²) in [7, 11) is 3.92. The fourth-order valence-electron chi connectivity index (χ4n) is 1.79. The summed E-state index contributed by atoms with van der Waals surface area (Å²) >= 11 is 6.28. The maximum Gasteiger partial charge on any atom is 0.234 e. The second-order valence-corrected chi connectivity index (χ2v) is 5.51. The fourth-order valence-corrected chi connectivity index (χ4v) is 2.08. The van der Waals surface area contributed by atoms with E-state index in [9.17, 15) is 4.79 Å². The number of halogens is 1. The Morgan fingerprint density at radius 2 is 2.13 bits per heavy atom. The van der Waals surface area contributed by atoms with Crippen molar-refractivity contribution >= 4 is 17.5 Å². The number of amides is 1. The topological polar surface area (TPSA) is 74.6 Å². The van der Waals surface area contributed by atoms with Crippen LogP contribution in [0.1, 0.15) is 18.9 Å². The molecule has 0 aliphatic heterocycles. The molecule has 0 aliphatic rings.